The lowest BCUT2D eigenvalue weighted by atomic mass is 9.96. The Balaban J connectivity index is 2.02. The Bertz CT molecular complexity index is 593. The molecule has 1 heterocycles. The van der Waals surface area contributed by atoms with E-state index in [-0.39, 0.29) is 18.4 Å². The van der Waals surface area contributed by atoms with Crippen molar-refractivity contribution in [3.05, 3.63) is 53.3 Å². The lowest BCUT2D eigenvalue weighted by molar-refractivity contribution is 0.0948. The van der Waals surface area contributed by atoms with Gasteiger partial charge in [-0.1, -0.05) is 30.3 Å². The summed E-state index contributed by atoms with van der Waals surface area (Å²) in [6.07, 6.45) is 2.20. The zero-order valence-corrected chi connectivity index (χ0v) is 12.4. The quantitative estimate of drug-likeness (QED) is 0.848. The van der Waals surface area contributed by atoms with Gasteiger partial charge in [0.2, 0.25) is 0 Å². The third-order valence-corrected chi connectivity index (χ3v) is 3.74. The molecule has 1 aromatic carbocycles. The van der Waals surface area contributed by atoms with Crippen LogP contribution >= 0.6 is 0 Å². The molecule has 2 rings (SSSR count). The standard InChI is InChI=1S/C16H21N3O2/c1-12-15(11-18-19(12)2)16(21)17-10-14(8-9-20)13-6-4-3-5-7-13/h3-7,11,14,20H,8-10H2,1-2H3,(H,17,21). The average molecular weight is 287 g/mol. The zero-order chi connectivity index (χ0) is 15.2. The van der Waals surface area contributed by atoms with Gasteiger partial charge in [-0.3, -0.25) is 9.48 Å². The van der Waals surface area contributed by atoms with E-state index in [1.165, 1.54) is 0 Å². The van der Waals surface area contributed by atoms with Gasteiger partial charge in [-0.15, -0.1) is 0 Å². The van der Waals surface area contributed by atoms with Gasteiger partial charge in [-0.05, 0) is 18.9 Å². The van der Waals surface area contributed by atoms with Gasteiger partial charge < -0.3 is 10.4 Å². The molecule has 5 heteroatoms. The van der Waals surface area contributed by atoms with Crippen LogP contribution in [0, 0.1) is 6.92 Å². The van der Waals surface area contributed by atoms with E-state index in [0.29, 0.717) is 18.5 Å². The Kier molecular flexibility index (Phi) is 5.11. The van der Waals surface area contributed by atoms with E-state index in [0.717, 1.165) is 11.3 Å². The van der Waals surface area contributed by atoms with E-state index in [4.69, 9.17) is 0 Å². The lowest BCUT2D eigenvalue weighted by Gasteiger charge is -2.17. The fraction of sp³-hybridized carbons (Fsp3) is 0.375. The summed E-state index contributed by atoms with van der Waals surface area (Å²) in [7, 11) is 1.81. The molecule has 1 unspecified atom stereocenters. The van der Waals surface area contributed by atoms with Crippen LogP contribution in [-0.4, -0.2) is 33.9 Å². The summed E-state index contributed by atoms with van der Waals surface area (Å²) in [4.78, 5) is 12.2. The van der Waals surface area contributed by atoms with Gasteiger partial charge in [-0.25, -0.2) is 0 Å². The molecule has 0 aliphatic carbocycles. The number of nitrogens with zero attached hydrogens (tertiary/aromatic N) is 2. The summed E-state index contributed by atoms with van der Waals surface area (Å²) in [5.74, 6) is -0.0170. The number of rotatable bonds is 6. The highest BCUT2D eigenvalue weighted by atomic mass is 16.3. The van der Waals surface area contributed by atoms with E-state index in [1.807, 2.05) is 44.3 Å². The molecular weight excluding hydrogens is 266 g/mol. The molecule has 1 aromatic heterocycles. The minimum absolute atomic E-state index is 0.0986. The van der Waals surface area contributed by atoms with Crippen molar-refractivity contribution in [2.45, 2.75) is 19.3 Å². The summed E-state index contributed by atoms with van der Waals surface area (Å²) < 4.78 is 1.68. The minimum Gasteiger partial charge on any atom is -0.396 e. The van der Waals surface area contributed by atoms with Gasteiger partial charge >= 0.3 is 0 Å². The van der Waals surface area contributed by atoms with Crippen molar-refractivity contribution in [1.82, 2.24) is 15.1 Å². The largest absolute Gasteiger partial charge is 0.396 e. The summed E-state index contributed by atoms with van der Waals surface area (Å²) in [5.41, 5.74) is 2.55. The van der Waals surface area contributed by atoms with E-state index >= 15 is 0 Å². The molecule has 1 amide bonds. The highest BCUT2D eigenvalue weighted by molar-refractivity contribution is 5.95. The first-order valence-electron chi connectivity index (χ1n) is 7.06. The normalized spacial score (nSPS) is 12.1. The number of benzene rings is 1. The van der Waals surface area contributed by atoms with Crippen molar-refractivity contribution in [3.63, 3.8) is 0 Å². The molecule has 1 atom stereocenters. The molecule has 0 spiro atoms. The van der Waals surface area contributed by atoms with Gasteiger partial charge in [0.25, 0.3) is 5.91 Å². The third-order valence-electron chi connectivity index (χ3n) is 3.74. The van der Waals surface area contributed by atoms with Gasteiger partial charge in [0, 0.05) is 31.8 Å². The monoisotopic (exact) mass is 287 g/mol. The smallest absolute Gasteiger partial charge is 0.254 e. The van der Waals surface area contributed by atoms with Crippen LogP contribution < -0.4 is 5.32 Å². The fourth-order valence-electron chi connectivity index (χ4n) is 2.30. The first kappa shape index (κ1) is 15.3. The maximum atomic E-state index is 12.2. The third kappa shape index (κ3) is 3.70. The van der Waals surface area contributed by atoms with Crippen LogP contribution in [0.15, 0.2) is 36.5 Å². The molecule has 0 saturated carbocycles. The second-order valence-corrected chi connectivity index (χ2v) is 5.10. The molecule has 0 bridgehead atoms. The molecule has 2 N–H and O–H groups in total. The fourth-order valence-corrected chi connectivity index (χ4v) is 2.30. The van der Waals surface area contributed by atoms with Crippen LogP contribution in [0.4, 0.5) is 0 Å². The average Bonchev–Trinajstić information content (AvgIpc) is 2.84. The molecule has 0 aliphatic heterocycles. The van der Waals surface area contributed by atoms with Crippen LogP contribution in [0.25, 0.3) is 0 Å². The van der Waals surface area contributed by atoms with Gasteiger partial charge in [-0.2, -0.15) is 5.10 Å². The molecule has 0 fully saturated rings. The minimum atomic E-state index is -0.125. The number of hydrogen-bond acceptors (Lipinski definition) is 3. The first-order valence-corrected chi connectivity index (χ1v) is 7.06. The number of amides is 1. The van der Waals surface area contributed by atoms with E-state index in [2.05, 4.69) is 10.4 Å². The molecule has 0 radical (unpaired) electrons. The number of carbonyl (C=O) groups excluding carboxylic acids is 1. The second-order valence-electron chi connectivity index (χ2n) is 5.10. The molecule has 5 nitrogen and oxygen atoms in total. The summed E-state index contributed by atoms with van der Waals surface area (Å²) in [6, 6.07) is 9.92. The van der Waals surface area contributed by atoms with E-state index in [9.17, 15) is 9.90 Å². The molecule has 112 valence electrons. The van der Waals surface area contributed by atoms with Gasteiger partial charge in [0.15, 0.2) is 0 Å². The van der Waals surface area contributed by atoms with Crippen molar-refractivity contribution >= 4 is 5.91 Å². The molecule has 21 heavy (non-hydrogen) atoms. The van der Waals surface area contributed by atoms with E-state index < -0.39 is 0 Å². The van der Waals surface area contributed by atoms with Crippen LogP contribution in [0.2, 0.25) is 0 Å². The molecule has 0 aliphatic rings. The van der Waals surface area contributed by atoms with Gasteiger partial charge in [0.1, 0.15) is 0 Å². The predicted molar refractivity (Wildman–Crippen MR) is 81.2 cm³/mol. The number of aryl methyl sites for hydroxylation is 1. The highest BCUT2D eigenvalue weighted by Crippen LogP contribution is 2.18. The van der Waals surface area contributed by atoms with Crippen LogP contribution in [0.1, 0.15) is 34.0 Å². The van der Waals surface area contributed by atoms with Crippen molar-refractivity contribution in [3.8, 4) is 0 Å². The zero-order valence-electron chi connectivity index (χ0n) is 12.4. The Labute approximate surface area is 124 Å². The predicted octanol–water partition coefficient (Wildman–Crippen LogP) is 1.62. The topological polar surface area (TPSA) is 67.2 Å². The van der Waals surface area contributed by atoms with Crippen LogP contribution in [0.3, 0.4) is 0 Å². The van der Waals surface area contributed by atoms with E-state index in [1.54, 1.807) is 10.9 Å². The van der Waals surface area contributed by atoms with Crippen LogP contribution in [0.5, 0.6) is 0 Å². The lowest BCUT2D eigenvalue weighted by Crippen LogP contribution is -2.29. The summed E-state index contributed by atoms with van der Waals surface area (Å²) in [5, 5.41) is 16.2. The Morgan fingerprint density at radius 2 is 2.10 bits per heavy atom. The number of hydrogen-bond donors (Lipinski definition) is 2. The van der Waals surface area contributed by atoms with Crippen LogP contribution in [-0.2, 0) is 7.05 Å². The maximum Gasteiger partial charge on any atom is 0.254 e. The SMILES string of the molecule is Cc1c(C(=O)NCC(CCO)c2ccccc2)cnn1C. The first-order chi connectivity index (χ1) is 10.1. The Morgan fingerprint density at radius 3 is 2.67 bits per heavy atom. The van der Waals surface area contributed by atoms with Crippen molar-refractivity contribution in [1.29, 1.82) is 0 Å². The number of aromatic nitrogens is 2. The van der Waals surface area contributed by atoms with Crippen molar-refractivity contribution < 1.29 is 9.90 Å². The van der Waals surface area contributed by atoms with Crippen molar-refractivity contribution in [2.24, 2.45) is 7.05 Å². The Morgan fingerprint density at radius 1 is 1.38 bits per heavy atom. The molecule has 0 saturated heterocycles. The second kappa shape index (κ2) is 7.04. The highest BCUT2D eigenvalue weighted by Gasteiger charge is 2.16. The van der Waals surface area contributed by atoms with Gasteiger partial charge in [0.05, 0.1) is 11.8 Å². The Hall–Kier alpha value is -2.14. The summed E-state index contributed by atoms with van der Waals surface area (Å²) in [6.45, 7) is 2.46. The summed E-state index contributed by atoms with van der Waals surface area (Å²) >= 11 is 0. The maximum absolute atomic E-state index is 12.2. The number of carbonyl (C=O) groups is 1. The molecule has 2 aromatic rings. The molecular formula is C16H21N3O2. The number of aliphatic hydroxyl groups is 1. The van der Waals surface area contributed by atoms with Crippen molar-refractivity contribution in [2.75, 3.05) is 13.2 Å². The number of aliphatic hydroxyl groups excluding tert-OH is 1. The number of nitrogens with one attached hydrogen (secondary N) is 1.